The fraction of sp³-hybridized carbons (Fsp3) is 0.231. The highest BCUT2D eigenvalue weighted by molar-refractivity contribution is 9.10. The van der Waals surface area contributed by atoms with E-state index in [0.29, 0.717) is 15.8 Å². The van der Waals surface area contributed by atoms with Gasteiger partial charge in [-0.05, 0) is 76.2 Å². The minimum Gasteiger partial charge on any atom is -0.496 e. The van der Waals surface area contributed by atoms with Crippen molar-refractivity contribution in [3.05, 3.63) is 88.4 Å². The van der Waals surface area contributed by atoms with Gasteiger partial charge in [0.25, 0.3) is 5.91 Å². The van der Waals surface area contributed by atoms with Crippen LogP contribution >= 0.6 is 28.1 Å². The second kappa shape index (κ2) is 11.5. The lowest BCUT2D eigenvalue weighted by Crippen LogP contribution is -2.45. The van der Waals surface area contributed by atoms with Crippen molar-refractivity contribution in [1.29, 1.82) is 0 Å². The predicted molar refractivity (Wildman–Crippen MR) is 145 cm³/mol. The quantitative estimate of drug-likeness (QED) is 0.435. The SMILES string of the molecule is COc1ccc(C(=O)NC(=S)Nc2ccc(N3CCN(Cc4ccccc4)CC3)cc2)cc1Br. The number of hydrogen-bond acceptors (Lipinski definition) is 5. The first-order chi connectivity index (χ1) is 16.5. The normalized spacial score (nSPS) is 13.9. The Morgan fingerprint density at radius 3 is 2.35 bits per heavy atom. The molecule has 8 heteroatoms. The number of rotatable bonds is 6. The third kappa shape index (κ3) is 6.34. The van der Waals surface area contributed by atoms with Crippen LogP contribution in [0.15, 0.2) is 77.3 Å². The van der Waals surface area contributed by atoms with Gasteiger partial charge in [-0.15, -0.1) is 0 Å². The van der Waals surface area contributed by atoms with Gasteiger partial charge in [0.15, 0.2) is 5.11 Å². The van der Waals surface area contributed by atoms with Crippen LogP contribution in [-0.4, -0.2) is 49.2 Å². The number of benzene rings is 3. The average molecular weight is 539 g/mol. The largest absolute Gasteiger partial charge is 0.496 e. The number of methoxy groups -OCH3 is 1. The number of hydrogen-bond donors (Lipinski definition) is 2. The number of anilines is 2. The summed E-state index contributed by atoms with van der Waals surface area (Å²) in [6.07, 6.45) is 0. The lowest BCUT2D eigenvalue weighted by Gasteiger charge is -2.36. The van der Waals surface area contributed by atoms with Crippen LogP contribution in [-0.2, 0) is 6.54 Å². The summed E-state index contributed by atoms with van der Waals surface area (Å²) < 4.78 is 5.91. The predicted octanol–water partition coefficient (Wildman–Crippen LogP) is 4.91. The molecule has 0 saturated carbocycles. The molecule has 1 saturated heterocycles. The minimum atomic E-state index is -0.286. The van der Waals surface area contributed by atoms with Crippen LogP contribution in [0.4, 0.5) is 11.4 Å². The van der Waals surface area contributed by atoms with E-state index in [4.69, 9.17) is 17.0 Å². The summed E-state index contributed by atoms with van der Waals surface area (Å²) in [6, 6.07) is 23.9. The van der Waals surface area contributed by atoms with Crippen LogP contribution in [0.1, 0.15) is 15.9 Å². The zero-order chi connectivity index (χ0) is 23.9. The average Bonchev–Trinajstić information content (AvgIpc) is 2.85. The Bertz CT molecular complexity index is 1130. The van der Waals surface area contributed by atoms with E-state index in [0.717, 1.165) is 38.4 Å². The highest BCUT2D eigenvalue weighted by Crippen LogP contribution is 2.25. The topological polar surface area (TPSA) is 56.8 Å². The lowest BCUT2D eigenvalue weighted by atomic mass is 10.2. The molecule has 2 N–H and O–H groups in total. The fourth-order valence-corrected chi connectivity index (χ4v) is 4.66. The molecule has 0 bridgehead atoms. The number of carbonyl (C=O) groups is 1. The van der Waals surface area contributed by atoms with Gasteiger partial charge < -0.3 is 15.0 Å². The Labute approximate surface area is 214 Å². The van der Waals surface area contributed by atoms with Crippen molar-refractivity contribution in [1.82, 2.24) is 10.2 Å². The molecule has 0 aromatic heterocycles. The zero-order valence-corrected chi connectivity index (χ0v) is 21.4. The van der Waals surface area contributed by atoms with Crippen molar-refractivity contribution in [2.75, 3.05) is 43.5 Å². The molecule has 0 spiro atoms. The third-order valence-corrected chi connectivity index (χ3v) is 6.58. The summed E-state index contributed by atoms with van der Waals surface area (Å²) in [4.78, 5) is 17.4. The lowest BCUT2D eigenvalue weighted by molar-refractivity contribution is 0.0977. The number of piperazine rings is 1. The van der Waals surface area contributed by atoms with Crippen molar-refractivity contribution < 1.29 is 9.53 Å². The molecule has 1 amide bonds. The van der Waals surface area contributed by atoms with Crippen molar-refractivity contribution in [3.63, 3.8) is 0 Å². The van der Waals surface area contributed by atoms with E-state index < -0.39 is 0 Å². The third-order valence-electron chi connectivity index (χ3n) is 5.75. The molecule has 176 valence electrons. The van der Waals surface area contributed by atoms with Crippen molar-refractivity contribution in [2.45, 2.75) is 6.54 Å². The van der Waals surface area contributed by atoms with Gasteiger partial charge in [-0.2, -0.15) is 0 Å². The number of thiocarbonyl (C=S) groups is 1. The molecule has 1 aliphatic rings. The molecule has 0 radical (unpaired) electrons. The Hall–Kier alpha value is -2.94. The number of ether oxygens (including phenoxy) is 1. The molecule has 6 nitrogen and oxygen atoms in total. The number of amides is 1. The molecule has 0 unspecified atom stereocenters. The monoisotopic (exact) mass is 538 g/mol. The molecular weight excluding hydrogens is 512 g/mol. The smallest absolute Gasteiger partial charge is 0.257 e. The zero-order valence-electron chi connectivity index (χ0n) is 19.0. The first kappa shape index (κ1) is 24.2. The second-order valence-electron chi connectivity index (χ2n) is 8.05. The molecule has 3 aromatic rings. The van der Waals surface area contributed by atoms with Crippen molar-refractivity contribution in [2.24, 2.45) is 0 Å². The molecule has 4 rings (SSSR count). The van der Waals surface area contributed by atoms with Crippen LogP contribution in [0.2, 0.25) is 0 Å². The number of nitrogens with one attached hydrogen (secondary N) is 2. The Kier molecular flexibility index (Phi) is 8.16. The van der Waals surface area contributed by atoms with Gasteiger partial charge in [0.2, 0.25) is 0 Å². The van der Waals surface area contributed by atoms with Gasteiger partial charge in [-0.25, -0.2) is 0 Å². The fourth-order valence-electron chi connectivity index (χ4n) is 3.91. The molecule has 0 atom stereocenters. The molecule has 1 aliphatic heterocycles. The summed E-state index contributed by atoms with van der Waals surface area (Å²) >= 11 is 8.72. The second-order valence-corrected chi connectivity index (χ2v) is 9.32. The van der Waals surface area contributed by atoms with Crippen LogP contribution in [0.3, 0.4) is 0 Å². The van der Waals surface area contributed by atoms with Crippen LogP contribution in [0.5, 0.6) is 5.75 Å². The molecule has 3 aromatic carbocycles. The van der Waals surface area contributed by atoms with Gasteiger partial charge >= 0.3 is 0 Å². The van der Waals surface area contributed by atoms with Crippen molar-refractivity contribution >= 4 is 50.5 Å². The molecule has 0 aliphatic carbocycles. The molecular formula is C26H27BrN4O2S. The summed E-state index contributed by atoms with van der Waals surface area (Å²) in [5.41, 5.74) is 3.85. The number of halogens is 1. The first-order valence-electron chi connectivity index (χ1n) is 11.1. The molecule has 34 heavy (non-hydrogen) atoms. The Balaban J connectivity index is 1.26. The van der Waals surface area contributed by atoms with Gasteiger partial charge in [-0.3, -0.25) is 15.0 Å². The standard InChI is InChI=1S/C26H27BrN4O2S/c1-33-24-12-7-20(17-23(24)27)25(32)29-26(34)28-21-8-10-22(11-9-21)31-15-13-30(14-16-31)18-19-5-3-2-4-6-19/h2-12,17H,13-16,18H2,1H3,(H2,28,29,32,34). The van der Waals surface area contributed by atoms with Gasteiger partial charge in [0, 0.05) is 49.7 Å². The van der Waals surface area contributed by atoms with E-state index in [1.54, 1.807) is 25.3 Å². The number of nitrogens with zero attached hydrogens (tertiary/aromatic N) is 2. The summed E-state index contributed by atoms with van der Waals surface area (Å²) in [7, 11) is 1.58. The molecule has 1 heterocycles. The van der Waals surface area contributed by atoms with Crippen LogP contribution in [0.25, 0.3) is 0 Å². The van der Waals surface area contributed by atoms with E-state index in [1.807, 2.05) is 12.1 Å². The van der Waals surface area contributed by atoms with Gasteiger partial charge in [0.05, 0.1) is 11.6 Å². The number of carbonyl (C=O) groups excluding carboxylic acids is 1. The van der Waals surface area contributed by atoms with Crippen LogP contribution < -0.4 is 20.3 Å². The molecule has 1 fully saturated rings. The van der Waals surface area contributed by atoms with E-state index >= 15 is 0 Å². The van der Waals surface area contributed by atoms with E-state index in [2.05, 4.69) is 78.8 Å². The van der Waals surface area contributed by atoms with E-state index in [9.17, 15) is 4.79 Å². The van der Waals surface area contributed by atoms with Gasteiger partial charge in [-0.1, -0.05) is 30.3 Å². The summed E-state index contributed by atoms with van der Waals surface area (Å²) in [6.45, 7) is 5.05. The maximum absolute atomic E-state index is 12.5. The highest BCUT2D eigenvalue weighted by atomic mass is 79.9. The van der Waals surface area contributed by atoms with Crippen LogP contribution in [0, 0.1) is 0 Å². The van der Waals surface area contributed by atoms with E-state index in [-0.39, 0.29) is 11.0 Å². The summed E-state index contributed by atoms with van der Waals surface area (Å²) in [5.74, 6) is 0.376. The van der Waals surface area contributed by atoms with E-state index in [1.165, 1.54) is 11.3 Å². The highest BCUT2D eigenvalue weighted by Gasteiger charge is 2.17. The maximum Gasteiger partial charge on any atom is 0.257 e. The first-order valence-corrected chi connectivity index (χ1v) is 12.3. The Morgan fingerprint density at radius 2 is 1.71 bits per heavy atom. The Morgan fingerprint density at radius 1 is 1.00 bits per heavy atom. The maximum atomic E-state index is 12.5. The van der Waals surface area contributed by atoms with Gasteiger partial charge in [0.1, 0.15) is 5.75 Å². The minimum absolute atomic E-state index is 0.249. The summed E-state index contributed by atoms with van der Waals surface area (Å²) in [5, 5.41) is 6.05. The van der Waals surface area contributed by atoms with Crippen molar-refractivity contribution in [3.8, 4) is 5.75 Å².